The van der Waals surface area contributed by atoms with Crippen LogP contribution < -0.4 is 10.6 Å². The number of nitrogens with one attached hydrogen (secondary N) is 2. The Morgan fingerprint density at radius 1 is 1.31 bits per heavy atom. The van der Waals surface area contributed by atoms with Crippen molar-refractivity contribution in [3.63, 3.8) is 0 Å². The van der Waals surface area contributed by atoms with Gasteiger partial charge in [0.15, 0.2) is 5.82 Å². The van der Waals surface area contributed by atoms with Crippen molar-refractivity contribution < 1.29 is 14.1 Å². The average Bonchev–Trinajstić information content (AvgIpc) is 3.07. The Kier molecular flexibility index (Phi) is 5.83. The Morgan fingerprint density at radius 3 is 2.77 bits per heavy atom. The molecule has 0 spiro atoms. The van der Waals surface area contributed by atoms with Crippen molar-refractivity contribution in [2.24, 2.45) is 5.92 Å². The lowest BCUT2D eigenvalue weighted by molar-refractivity contribution is -0.121. The zero-order valence-corrected chi connectivity index (χ0v) is 14.8. The van der Waals surface area contributed by atoms with Crippen LogP contribution in [-0.4, -0.2) is 46.6 Å². The van der Waals surface area contributed by atoms with Crippen LogP contribution in [0.3, 0.4) is 0 Å². The number of likely N-dealkylation sites (tertiary alicyclic amines) is 1. The summed E-state index contributed by atoms with van der Waals surface area (Å²) in [5.41, 5.74) is 0.950. The van der Waals surface area contributed by atoms with Crippen LogP contribution in [-0.2, 0) is 11.2 Å². The molecule has 0 aromatic carbocycles. The van der Waals surface area contributed by atoms with E-state index in [0.29, 0.717) is 50.5 Å². The highest BCUT2D eigenvalue weighted by Gasteiger charge is 2.27. The van der Waals surface area contributed by atoms with Gasteiger partial charge in [-0.25, -0.2) is 4.79 Å². The minimum atomic E-state index is -0.121. The molecule has 0 radical (unpaired) electrons. The number of aryl methyl sites for hydroxylation is 1. The number of carbonyl (C=O) groups is 2. The molecule has 0 aliphatic carbocycles. The number of piperidine rings is 1. The molecule has 1 fully saturated rings. The lowest BCUT2D eigenvalue weighted by Gasteiger charge is -2.31. The van der Waals surface area contributed by atoms with Crippen molar-refractivity contribution >= 4 is 17.8 Å². The summed E-state index contributed by atoms with van der Waals surface area (Å²) in [5.74, 6) is 0.887. The summed E-state index contributed by atoms with van der Waals surface area (Å²) >= 11 is 0. The van der Waals surface area contributed by atoms with Crippen LogP contribution in [0.4, 0.5) is 10.6 Å². The molecule has 2 N–H and O–H groups in total. The third-order valence-corrected chi connectivity index (χ3v) is 4.42. The van der Waals surface area contributed by atoms with Gasteiger partial charge >= 0.3 is 6.03 Å². The molecule has 0 saturated carbocycles. The highest BCUT2D eigenvalue weighted by molar-refractivity contribution is 5.91. The first-order valence-corrected chi connectivity index (χ1v) is 8.78. The fourth-order valence-corrected chi connectivity index (χ4v) is 2.95. The molecule has 3 amide bonds. The first-order chi connectivity index (χ1) is 12.6. The molecular weight excluding hydrogens is 334 g/mol. The molecule has 8 heteroatoms. The molecule has 2 aromatic rings. The largest absolute Gasteiger partial charge is 0.360 e. The average molecular weight is 357 g/mol. The number of anilines is 1. The molecule has 1 aliphatic heterocycles. The van der Waals surface area contributed by atoms with Gasteiger partial charge < -0.3 is 20.1 Å². The van der Waals surface area contributed by atoms with E-state index < -0.39 is 0 Å². The molecule has 0 atom stereocenters. The molecule has 3 heterocycles. The highest BCUT2D eigenvalue weighted by atomic mass is 16.5. The second kappa shape index (κ2) is 8.46. The number of amides is 3. The number of rotatable bonds is 5. The summed E-state index contributed by atoms with van der Waals surface area (Å²) in [6, 6.07) is 7.33. The van der Waals surface area contributed by atoms with Gasteiger partial charge in [-0.1, -0.05) is 11.2 Å². The molecule has 26 heavy (non-hydrogen) atoms. The maximum Gasteiger partial charge on any atom is 0.317 e. The summed E-state index contributed by atoms with van der Waals surface area (Å²) in [6.07, 6.45) is 3.71. The number of aromatic nitrogens is 2. The minimum absolute atomic E-state index is 0.0755. The predicted octanol–water partition coefficient (Wildman–Crippen LogP) is 1.98. The van der Waals surface area contributed by atoms with Gasteiger partial charge in [0.25, 0.3) is 0 Å². The Hall–Kier alpha value is -2.90. The van der Waals surface area contributed by atoms with E-state index in [0.717, 1.165) is 5.69 Å². The SMILES string of the molecule is Cc1cc(NC(=O)C2CCN(C(=O)NCCc3ccccn3)CC2)no1. The van der Waals surface area contributed by atoms with Crippen molar-refractivity contribution in [1.29, 1.82) is 0 Å². The van der Waals surface area contributed by atoms with Crippen LogP contribution in [0.1, 0.15) is 24.3 Å². The molecule has 1 aliphatic rings. The van der Waals surface area contributed by atoms with Crippen LogP contribution >= 0.6 is 0 Å². The summed E-state index contributed by atoms with van der Waals surface area (Å²) < 4.78 is 4.94. The lowest BCUT2D eigenvalue weighted by Crippen LogP contribution is -2.46. The van der Waals surface area contributed by atoms with E-state index in [1.807, 2.05) is 18.2 Å². The van der Waals surface area contributed by atoms with E-state index >= 15 is 0 Å². The number of nitrogens with zero attached hydrogens (tertiary/aromatic N) is 3. The number of hydrogen-bond acceptors (Lipinski definition) is 5. The van der Waals surface area contributed by atoms with Crippen LogP contribution in [0.5, 0.6) is 0 Å². The van der Waals surface area contributed by atoms with Crippen molar-refractivity contribution in [3.05, 3.63) is 41.9 Å². The monoisotopic (exact) mass is 357 g/mol. The van der Waals surface area contributed by atoms with Gasteiger partial charge in [-0.15, -0.1) is 0 Å². The van der Waals surface area contributed by atoms with Crippen molar-refractivity contribution in [2.45, 2.75) is 26.2 Å². The van der Waals surface area contributed by atoms with Crippen LogP contribution in [0.25, 0.3) is 0 Å². The summed E-state index contributed by atoms with van der Waals surface area (Å²) in [4.78, 5) is 30.5. The maximum atomic E-state index is 12.3. The van der Waals surface area contributed by atoms with E-state index in [-0.39, 0.29) is 17.9 Å². The lowest BCUT2D eigenvalue weighted by atomic mass is 9.96. The fraction of sp³-hybridized carbons (Fsp3) is 0.444. The fourth-order valence-electron chi connectivity index (χ4n) is 2.95. The van der Waals surface area contributed by atoms with Gasteiger partial charge in [0, 0.05) is 49.9 Å². The van der Waals surface area contributed by atoms with Gasteiger partial charge in [-0.2, -0.15) is 0 Å². The van der Waals surface area contributed by atoms with Gasteiger partial charge in [-0.05, 0) is 31.9 Å². The van der Waals surface area contributed by atoms with Crippen molar-refractivity contribution in [3.8, 4) is 0 Å². The second-order valence-electron chi connectivity index (χ2n) is 6.38. The third-order valence-electron chi connectivity index (χ3n) is 4.42. The minimum Gasteiger partial charge on any atom is -0.360 e. The van der Waals surface area contributed by atoms with E-state index in [2.05, 4.69) is 20.8 Å². The van der Waals surface area contributed by atoms with E-state index in [4.69, 9.17) is 4.52 Å². The van der Waals surface area contributed by atoms with Crippen LogP contribution in [0.2, 0.25) is 0 Å². The first kappa shape index (κ1) is 17.9. The smallest absolute Gasteiger partial charge is 0.317 e. The molecule has 3 rings (SSSR count). The van der Waals surface area contributed by atoms with E-state index in [9.17, 15) is 9.59 Å². The molecule has 1 saturated heterocycles. The Morgan fingerprint density at radius 2 is 2.12 bits per heavy atom. The number of hydrogen-bond donors (Lipinski definition) is 2. The van der Waals surface area contributed by atoms with E-state index in [1.165, 1.54) is 0 Å². The quantitative estimate of drug-likeness (QED) is 0.852. The van der Waals surface area contributed by atoms with Gasteiger partial charge in [0.05, 0.1) is 0 Å². The normalized spacial score (nSPS) is 14.9. The van der Waals surface area contributed by atoms with Gasteiger partial charge in [0.2, 0.25) is 5.91 Å². The summed E-state index contributed by atoms with van der Waals surface area (Å²) in [5, 5.41) is 9.44. The number of pyridine rings is 1. The summed E-state index contributed by atoms with van der Waals surface area (Å²) in [7, 11) is 0. The van der Waals surface area contributed by atoms with Crippen molar-refractivity contribution in [2.75, 3.05) is 25.0 Å². The maximum absolute atomic E-state index is 12.3. The van der Waals surface area contributed by atoms with Gasteiger partial charge in [0.1, 0.15) is 5.76 Å². The van der Waals surface area contributed by atoms with Crippen LogP contribution in [0, 0.1) is 12.8 Å². The molecule has 138 valence electrons. The molecule has 0 unspecified atom stereocenters. The van der Waals surface area contributed by atoms with E-state index in [1.54, 1.807) is 24.1 Å². The Balaban J connectivity index is 1.38. The standard InChI is InChI=1S/C18H23N5O3/c1-13-12-16(22-26-13)21-17(24)14-6-10-23(11-7-14)18(25)20-9-5-15-4-2-3-8-19-15/h2-4,8,12,14H,5-7,9-11H2,1H3,(H,20,25)(H,21,22,24). The Bertz CT molecular complexity index is 738. The van der Waals surface area contributed by atoms with Gasteiger partial charge in [-0.3, -0.25) is 9.78 Å². The summed E-state index contributed by atoms with van der Waals surface area (Å²) in [6.45, 7) is 3.44. The Labute approximate surface area is 151 Å². The van der Waals surface area contributed by atoms with Crippen molar-refractivity contribution in [1.82, 2.24) is 20.4 Å². The topological polar surface area (TPSA) is 100 Å². The molecular formula is C18H23N5O3. The zero-order valence-electron chi connectivity index (χ0n) is 14.8. The number of urea groups is 1. The molecule has 0 bridgehead atoms. The third kappa shape index (κ3) is 4.81. The molecule has 2 aromatic heterocycles. The molecule has 8 nitrogen and oxygen atoms in total. The predicted molar refractivity (Wildman–Crippen MR) is 95.5 cm³/mol. The first-order valence-electron chi connectivity index (χ1n) is 8.78. The second-order valence-corrected chi connectivity index (χ2v) is 6.38. The number of carbonyl (C=O) groups excluding carboxylic acids is 2. The van der Waals surface area contributed by atoms with Crippen LogP contribution in [0.15, 0.2) is 35.0 Å². The highest BCUT2D eigenvalue weighted by Crippen LogP contribution is 2.19. The zero-order chi connectivity index (χ0) is 18.4.